The Morgan fingerprint density at radius 1 is 0.862 bits per heavy atom. The summed E-state index contributed by atoms with van der Waals surface area (Å²) in [6.07, 6.45) is -0.448. The molecule has 0 radical (unpaired) electrons. The second kappa shape index (κ2) is 10.7. The molecule has 2 aromatic rings. The lowest BCUT2D eigenvalue weighted by atomic mass is 10.2. The van der Waals surface area contributed by atoms with Crippen molar-refractivity contribution in [1.82, 2.24) is 0 Å². The summed E-state index contributed by atoms with van der Waals surface area (Å²) in [5.41, 5.74) is 1.22. The first-order valence-corrected chi connectivity index (χ1v) is 9.26. The molecule has 0 unspecified atom stereocenters. The zero-order chi connectivity index (χ0) is 21.2. The van der Waals surface area contributed by atoms with Gasteiger partial charge in [-0.2, -0.15) is 0 Å². The molecule has 0 bridgehead atoms. The molecule has 0 atom stereocenters. The summed E-state index contributed by atoms with van der Waals surface area (Å²) in [7, 11) is 0. The average molecular weight is 400 g/mol. The third kappa shape index (κ3) is 6.53. The highest BCUT2D eigenvalue weighted by Gasteiger charge is 2.17. The van der Waals surface area contributed by atoms with Gasteiger partial charge in [-0.25, -0.2) is 0 Å². The molecule has 0 saturated heterocycles. The number of carbonyl (C=O) groups excluding carboxylic acids is 2. The molecule has 2 amide bonds. The highest BCUT2D eigenvalue weighted by molar-refractivity contribution is 6.05. The lowest BCUT2D eigenvalue weighted by Gasteiger charge is -2.17. The van der Waals surface area contributed by atoms with Crippen LogP contribution in [0.3, 0.4) is 0 Å². The van der Waals surface area contributed by atoms with E-state index in [4.69, 9.17) is 14.6 Å². The number of carboxylic acid groups (broad SMARTS) is 1. The number of ether oxygens (including phenoxy) is 2. The summed E-state index contributed by atoms with van der Waals surface area (Å²) in [5, 5.41) is 14.2. The van der Waals surface area contributed by atoms with Gasteiger partial charge in [-0.3, -0.25) is 14.4 Å². The fourth-order valence-electron chi connectivity index (χ4n) is 2.52. The first-order valence-electron chi connectivity index (χ1n) is 9.26. The molecule has 0 spiro atoms. The number of hydrogen-bond acceptors (Lipinski definition) is 5. The molecule has 8 heteroatoms. The molecular weight excluding hydrogens is 376 g/mol. The van der Waals surface area contributed by atoms with Crippen LogP contribution in [-0.2, 0) is 9.59 Å². The van der Waals surface area contributed by atoms with E-state index in [9.17, 15) is 14.4 Å². The molecule has 0 aromatic heterocycles. The molecule has 3 N–H and O–H groups in total. The van der Waals surface area contributed by atoms with E-state index in [1.807, 2.05) is 6.07 Å². The summed E-state index contributed by atoms with van der Waals surface area (Å²) in [5.74, 6) is -1.14. The Balaban J connectivity index is 2.31. The van der Waals surface area contributed by atoms with Crippen molar-refractivity contribution in [3.8, 4) is 11.5 Å². The van der Waals surface area contributed by atoms with Crippen LogP contribution >= 0.6 is 0 Å². The molecule has 2 aromatic carbocycles. The maximum atomic E-state index is 12.5. The van der Waals surface area contributed by atoms with E-state index >= 15 is 0 Å². The molecule has 29 heavy (non-hydrogen) atoms. The van der Waals surface area contributed by atoms with Gasteiger partial charge >= 0.3 is 5.97 Å². The third-order valence-electron chi connectivity index (χ3n) is 3.81. The number of nitrogens with one attached hydrogen (secondary N) is 2. The van der Waals surface area contributed by atoms with Crippen molar-refractivity contribution in [2.75, 3.05) is 23.8 Å². The van der Waals surface area contributed by atoms with Crippen molar-refractivity contribution >= 4 is 29.2 Å². The van der Waals surface area contributed by atoms with E-state index in [1.165, 1.54) is 0 Å². The van der Waals surface area contributed by atoms with Gasteiger partial charge in [0, 0.05) is 24.1 Å². The van der Waals surface area contributed by atoms with E-state index in [0.717, 1.165) is 0 Å². The Labute approximate surface area is 168 Å². The standard InChI is InChI=1S/C21H24N2O6/c1-3-28-17-13-16(23-21(27)14-8-6-5-7-9-14)18(29-4-2)12-15(17)22-19(24)10-11-20(25)26/h5-9,12-13H,3-4,10-11H2,1-2H3,(H,22,24)(H,23,27)(H,25,26). The number of amides is 2. The Bertz CT molecular complexity index is 867. The van der Waals surface area contributed by atoms with Gasteiger partial charge in [0.15, 0.2) is 0 Å². The maximum Gasteiger partial charge on any atom is 0.303 e. The Morgan fingerprint density at radius 2 is 1.41 bits per heavy atom. The zero-order valence-electron chi connectivity index (χ0n) is 16.4. The van der Waals surface area contributed by atoms with Crippen molar-refractivity contribution in [1.29, 1.82) is 0 Å². The number of aliphatic carboxylic acids is 1. The van der Waals surface area contributed by atoms with Crippen LogP contribution in [-0.4, -0.2) is 36.1 Å². The average Bonchev–Trinajstić information content (AvgIpc) is 2.70. The van der Waals surface area contributed by atoms with Gasteiger partial charge in [0.1, 0.15) is 11.5 Å². The summed E-state index contributed by atoms with van der Waals surface area (Å²) in [6, 6.07) is 11.8. The van der Waals surface area contributed by atoms with Gasteiger partial charge in [-0.1, -0.05) is 18.2 Å². The minimum atomic E-state index is -1.06. The van der Waals surface area contributed by atoms with Crippen molar-refractivity contribution in [3.05, 3.63) is 48.0 Å². The Kier molecular flexibility index (Phi) is 8.02. The minimum Gasteiger partial charge on any atom is -0.492 e. The number of hydrogen-bond donors (Lipinski definition) is 3. The van der Waals surface area contributed by atoms with Gasteiger partial charge < -0.3 is 25.2 Å². The van der Waals surface area contributed by atoms with Crippen LogP contribution in [0, 0.1) is 0 Å². The van der Waals surface area contributed by atoms with Crippen molar-refractivity contribution in [2.45, 2.75) is 26.7 Å². The van der Waals surface area contributed by atoms with E-state index in [2.05, 4.69) is 10.6 Å². The van der Waals surface area contributed by atoms with E-state index < -0.39 is 11.9 Å². The summed E-state index contributed by atoms with van der Waals surface area (Å²) in [4.78, 5) is 35.2. The quantitative estimate of drug-likeness (QED) is 0.562. The summed E-state index contributed by atoms with van der Waals surface area (Å²) >= 11 is 0. The van der Waals surface area contributed by atoms with Crippen LogP contribution in [0.5, 0.6) is 11.5 Å². The van der Waals surface area contributed by atoms with Crippen molar-refractivity contribution < 1.29 is 29.0 Å². The minimum absolute atomic E-state index is 0.169. The van der Waals surface area contributed by atoms with Gasteiger partial charge in [0.25, 0.3) is 5.91 Å². The molecule has 0 aliphatic heterocycles. The fraction of sp³-hybridized carbons (Fsp3) is 0.286. The van der Waals surface area contributed by atoms with Crippen molar-refractivity contribution in [2.24, 2.45) is 0 Å². The van der Waals surface area contributed by atoms with Crippen LogP contribution < -0.4 is 20.1 Å². The van der Waals surface area contributed by atoms with Crippen LogP contribution in [0.4, 0.5) is 11.4 Å². The molecule has 0 heterocycles. The van der Waals surface area contributed by atoms with Crippen LogP contribution in [0.15, 0.2) is 42.5 Å². The number of carboxylic acids is 1. The normalized spacial score (nSPS) is 10.1. The monoisotopic (exact) mass is 400 g/mol. The van der Waals surface area contributed by atoms with Crippen LogP contribution in [0.25, 0.3) is 0 Å². The molecule has 0 fully saturated rings. The number of rotatable bonds is 10. The van der Waals surface area contributed by atoms with Crippen molar-refractivity contribution in [3.63, 3.8) is 0 Å². The lowest BCUT2D eigenvalue weighted by Crippen LogP contribution is -2.16. The summed E-state index contributed by atoms with van der Waals surface area (Å²) in [6.45, 7) is 4.26. The predicted octanol–water partition coefficient (Wildman–Crippen LogP) is 3.54. The summed E-state index contributed by atoms with van der Waals surface area (Å²) < 4.78 is 11.2. The highest BCUT2D eigenvalue weighted by atomic mass is 16.5. The lowest BCUT2D eigenvalue weighted by molar-refractivity contribution is -0.138. The zero-order valence-corrected chi connectivity index (χ0v) is 16.4. The molecular formula is C21H24N2O6. The topological polar surface area (TPSA) is 114 Å². The highest BCUT2D eigenvalue weighted by Crippen LogP contribution is 2.37. The van der Waals surface area contributed by atoms with E-state index in [1.54, 1.807) is 50.2 Å². The van der Waals surface area contributed by atoms with E-state index in [0.29, 0.717) is 41.7 Å². The molecule has 2 rings (SSSR count). The van der Waals surface area contributed by atoms with Gasteiger partial charge in [0.05, 0.1) is 31.0 Å². The molecule has 0 saturated carbocycles. The predicted molar refractivity (Wildman–Crippen MR) is 109 cm³/mol. The smallest absolute Gasteiger partial charge is 0.303 e. The van der Waals surface area contributed by atoms with Crippen LogP contribution in [0.1, 0.15) is 37.0 Å². The molecule has 8 nitrogen and oxygen atoms in total. The Hall–Kier alpha value is -3.55. The third-order valence-corrected chi connectivity index (χ3v) is 3.81. The first-order chi connectivity index (χ1) is 13.9. The number of benzene rings is 2. The fourth-order valence-corrected chi connectivity index (χ4v) is 2.52. The van der Waals surface area contributed by atoms with Gasteiger partial charge in [-0.05, 0) is 26.0 Å². The second-order valence-corrected chi connectivity index (χ2v) is 5.97. The first kappa shape index (κ1) is 21.7. The Morgan fingerprint density at radius 3 is 1.93 bits per heavy atom. The molecule has 154 valence electrons. The molecule has 0 aliphatic rings. The van der Waals surface area contributed by atoms with Gasteiger partial charge in [-0.15, -0.1) is 0 Å². The van der Waals surface area contributed by atoms with Crippen LogP contribution in [0.2, 0.25) is 0 Å². The molecule has 0 aliphatic carbocycles. The maximum absolute atomic E-state index is 12.5. The SMILES string of the molecule is CCOc1cc(NC(=O)c2ccccc2)c(OCC)cc1NC(=O)CCC(=O)O. The van der Waals surface area contributed by atoms with Gasteiger partial charge in [0.2, 0.25) is 5.91 Å². The number of carbonyl (C=O) groups is 3. The van der Waals surface area contributed by atoms with E-state index in [-0.39, 0.29) is 18.7 Å². The number of anilines is 2. The largest absolute Gasteiger partial charge is 0.492 e. The second-order valence-electron chi connectivity index (χ2n) is 5.97.